The number of benzene rings is 1. The Hall–Kier alpha value is -1.42. The van der Waals surface area contributed by atoms with Crippen LogP contribution in [0.5, 0.6) is 5.75 Å². The molecule has 1 fully saturated rings. The third-order valence-corrected chi connectivity index (χ3v) is 3.93. The van der Waals surface area contributed by atoms with Crippen LogP contribution < -0.4 is 15.4 Å². The largest absolute Gasteiger partial charge is 0.491 e. The Morgan fingerprint density at radius 2 is 1.90 bits per heavy atom. The van der Waals surface area contributed by atoms with E-state index in [1.54, 1.807) is 0 Å². The monoisotopic (exact) mass is 277 g/mol. The van der Waals surface area contributed by atoms with Crippen molar-refractivity contribution in [2.24, 2.45) is 0 Å². The van der Waals surface area contributed by atoms with Crippen LogP contribution in [0.4, 0.5) is 11.4 Å². The molecular formula is C16H27N3O. The van der Waals surface area contributed by atoms with Gasteiger partial charge < -0.3 is 20.3 Å². The number of hydrogen-bond donors (Lipinski definition) is 1. The van der Waals surface area contributed by atoms with Crippen LogP contribution in [0.1, 0.15) is 26.7 Å². The molecule has 2 N–H and O–H groups in total. The second-order valence-corrected chi connectivity index (χ2v) is 6.07. The van der Waals surface area contributed by atoms with E-state index in [1.165, 1.54) is 12.8 Å². The van der Waals surface area contributed by atoms with Crippen molar-refractivity contribution in [1.82, 2.24) is 4.90 Å². The Kier molecular flexibility index (Phi) is 4.76. The minimum atomic E-state index is 0.165. The molecule has 0 spiro atoms. The van der Waals surface area contributed by atoms with Crippen molar-refractivity contribution < 1.29 is 4.74 Å². The van der Waals surface area contributed by atoms with Crippen molar-refractivity contribution in [3.63, 3.8) is 0 Å². The highest BCUT2D eigenvalue weighted by Crippen LogP contribution is 2.28. The van der Waals surface area contributed by atoms with Crippen LogP contribution in [0.3, 0.4) is 0 Å². The van der Waals surface area contributed by atoms with E-state index in [-0.39, 0.29) is 6.10 Å². The fourth-order valence-corrected chi connectivity index (χ4v) is 2.74. The van der Waals surface area contributed by atoms with E-state index >= 15 is 0 Å². The van der Waals surface area contributed by atoms with Crippen molar-refractivity contribution >= 4 is 11.4 Å². The summed E-state index contributed by atoms with van der Waals surface area (Å²) in [4.78, 5) is 4.73. The number of likely N-dealkylation sites (tertiary alicyclic amines) is 1. The number of ether oxygens (including phenoxy) is 1. The highest BCUT2D eigenvalue weighted by Gasteiger charge is 2.21. The van der Waals surface area contributed by atoms with E-state index in [0.717, 1.165) is 30.2 Å². The number of piperidine rings is 1. The van der Waals surface area contributed by atoms with Crippen LogP contribution in [-0.2, 0) is 0 Å². The average molecular weight is 277 g/mol. The van der Waals surface area contributed by atoms with Gasteiger partial charge in [0.05, 0.1) is 6.10 Å². The summed E-state index contributed by atoms with van der Waals surface area (Å²) in [5.41, 5.74) is 7.92. The Balaban J connectivity index is 2.12. The first-order chi connectivity index (χ1) is 9.45. The second-order valence-electron chi connectivity index (χ2n) is 6.07. The third-order valence-electron chi connectivity index (χ3n) is 3.93. The Bertz CT molecular complexity index is 439. The van der Waals surface area contributed by atoms with E-state index in [0.29, 0.717) is 6.04 Å². The summed E-state index contributed by atoms with van der Waals surface area (Å²) >= 11 is 0. The molecule has 4 nitrogen and oxygen atoms in total. The van der Waals surface area contributed by atoms with Crippen molar-refractivity contribution in [2.75, 3.05) is 37.8 Å². The van der Waals surface area contributed by atoms with Gasteiger partial charge in [-0.2, -0.15) is 0 Å². The molecule has 112 valence electrons. The molecule has 1 aliphatic rings. The van der Waals surface area contributed by atoms with E-state index < -0.39 is 0 Å². The number of nitrogens with zero attached hydrogens (tertiary/aromatic N) is 2. The summed E-state index contributed by atoms with van der Waals surface area (Å²) in [7, 11) is 4.34. The fraction of sp³-hybridized carbons (Fsp3) is 0.625. The molecule has 0 amide bonds. The van der Waals surface area contributed by atoms with Gasteiger partial charge in [0.15, 0.2) is 0 Å². The lowest BCUT2D eigenvalue weighted by molar-refractivity contribution is 0.242. The van der Waals surface area contributed by atoms with Gasteiger partial charge in [-0.3, -0.25) is 0 Å². The van der Waals surface area contributed by atoms with Gasteiger partial charge in [-0.25, -0.2) is 0 Å². The van der Waals surface area contributed by atoms with Gasteiger partial charge in [-0.05, 0) is 52.9 Å². The molecule has 0 saturated carbocycles. The van der Waals surface area contributed by atoms with Gasteiger partial charge >= 0.3 is 0 Å². The molecule has 20 heavy (non-hydrogen) atoms. The zero-order valence-corrected chi connectivity index (χ0v) is 13.1. The maximum absolute atomic E-state index is 6.01. The van der Waals surface area contributed by atoms with Crippen LogP contribution in [0.2, 0.25) is 0 Å². The van der Waals surface area contributed by atoms with E-state index in [9.17, 15) is 0 Å². The van der Waals surface area contributed by atoms with Crippen molar-refractivity contribution in [3.8, 4) is 5.75 Å². The summed E-state index contributed by atoms with van der Waals surface area (Å²) in [6.07, 6.45) is 2.56. The Labute approximate surface area is 122 Å². The normalized spacial score (nSPS) is 17.4. The number of rotatable bonds is 4. The Morgan fingerprint density at radius 1 is 1.25 bits per heavy atom. The zero-order valence-electron chi connectivity index (χ0n) is 13.1. The molecule has 0 radical (unpaired) electrons. The number of nitrogens with two attached hydrogens (primary N) is 1. The van der Waals surface area contributed by atoms with Crippen molar-refractivity contribution in [1.29, 1.82) is 0 Å². The fourth-order valence-electron chi connectivity index (χ4n) is 2.74. The molecule has 0 unspecified atom stereocenters. The molecule has 1 aromatic rings. The highest BCUT2D eigenvalue weighted by molar-refractivity contribution is 5.60. The van der Waals surface area contributed by atoms with E-state index in [2.05, 4.69) is 30.0 Å². The van der Waals surface area contributed by atoms with Gasteiger partial charge in [0.2, 0.25) is 0 Å². The lowest BCUT2D eigenvalue weighted by Gasteiger charge is -2.36. The van der Waals surface area contributed by atoms with Gasteiger partial charge in [0, 0.05) is 36.6 Å². The molecule has 4 heteroatoms. The van der Waals surface area contributed by atoms with Crippen LogP contribution in [0.15, 0.2) is 18.2 Å². The smallest absolute Gasteiger partial charge is 0.123 e. The molecule has 1 aliphatic heterocycles. The van der Waals surface area contributed by atoms with Gasteiger partial charge in [-0.1, -0.05) is 0 Å². The third kappa shape index (κ3) is 3.79. The van der Waals surface area contributed by atoms with Crippen LogP contribution in [0, 0.1) is 0 Å². The topological polar surface area (TPSA) is 41.7 Å². The lowest BCUT2D eigenvalue weighted by Crippen LogP contribution is -2.42. The van der Waals surface area contributed by atoms with Crippen LogP contribution in [-0.4, -0.2) is 44.2 Å². The molecular weight excluding hydrogens is 250 g/mol. The molecule has 1 heterocycles. The SMILES string of the molecule is CC(C)Oc1cc(N)cc(N(C)C2CCN(C)CC2)c1. The van der Waals surface area contributed by atoms with Gasteiger partial charge in [0.25, 0.3) is 0 Å². The maximum atomic E-state index is 6.01. The molecule has 0 aliphatic carbocycles. The standard InChI is InChI=1S/C16H27N3O/c1-12(2)20-16-10-13(17)9-15(11-16)19(4)14-5-7-18(3)8-6-14/h9-12,14H,5-8,17H2,1-4H3. The summed E-state index contributed by atoms with van der Waals surface area (Å²) in [6, 6.07) is 6.60. The lowest BCUT2D eigenvalue weighted by atomic mass is 10.0. The molecule has 0 atom stereocenters. The number of nitrogen functional groups attached to an aromatic ring is 1. The van der Waals surface area contributed by atoms with Gasteiger partial charge in [0.1, 0.15) is 5.75 Å². The summed E-state index contributed by atoms with van der Waals surface area (Å²) in [6.45, 7) is 6.38. The first-order valence-electron chi connectivity index (χ1n) is 7.44. The first-order valence-corrected chi connectivity index (χ1v) is 7.44. The quantitative estimate of drug-likeness (QED) is 0.859. The van der Waals surface area contributed by atoms with E-state index in [4.69, 9.17) is 10.5 Å². The second kappa shape index (κ2) is 6.35. The molecule has 2 rings (SSSR count). The summed E-state index contributed by atoms with van der Waals surface area (Å²) in [5, 5.41) is 0. The van der Waals surface area contributed by atoms with Crippen molar-refractivity contribution in [3.05, 3.63) is 18.2 Å². The number of hydrogen-bond acceptors (Lipinski definition) is 4. The highest BCUT2D eigenvalue weighted by atomic mass is 16.5. The van der Waals surface area contributed by atoms with Gasteiger partial charge in [-0.15, -0.1) is 0 Å². The molecule has 1 saturated heterocycles. The minimum absolute atomic E-state index is 0.165. The number of anilines is 2. The average Bonchev–Trinajstić information content (AvgIpc) is 2.37. The Morgan fingerprint density at radius 3 is 2.50 bits per heavy atom. The summed E-state index contributed by atoms with van der Waals surface area (Å²) in [5.74, 6) is 0.856. The molecule has 0 aromatic heterocycles. The summed E-state index contributed by atoms with van der Waals surface area (Å²) < 4.78 is 5.78. The van der Waals surface area contributed by atoms with Crippen LogP contribution >= 0.6 is 0 Å². The van der Waals surface area contributed by atoms with Crippen molar-refractivity contribution in [2.45, 2.75) is 38.8 Å². The predicted molar refractivity (Wildman–Crippen MR) is 85.5 cm³/mol. The maximum Gasteiger partial charge on any atom is 0.123 e. The molecule has 1 aromatic carbocycles. The van der Waals surface area contributed by atoms with Crippen LogP contribution in [0.25, 0.3) is 0 Å². The molecule has 0 bridgehead atoms. The first kappa shape index (κ1) is 15.0. The minimum Gasteiger partial charge on any atom is -0.491 e. The van der Waals surface area contributed by atoms with E-state index in [1.807, 2.05) is 26.0 Å². The predicted octanol–water partition coefficient (Wildman–Crippen LogP) is 2.59. The zero-order chi connectivity index (χ0) is 14.7.